The molecule has 150 valence electrons. The molecule has 0 aliphatic carbocycles. The van der Waals surface area contributed by atoms with Crippen LogP contribution in [0.4, 0.5) is 9.39 Å². The number of ether oxygens (including phenoxy) is 1. The van der Waals surface area contributed by atoms with Crippen LogP contribution in [0.2, 0.25) is 0 Å². The van der Waals surface area contributed by atoms with Crippen LogP contribution in [0, 0.1) is 5.82 Å². The summed E-state index contributed by atoms with van der Waals surface area (Å²) in [5, 5.41) is 14.7. The van der Waals surface area contributed by atoms with Gasteiger partial charge in [0.25, 0.3) is 0 Å². The van der Waals surface area contributed by atoms with Crippen LogP contribution in [0.3, 0.4) is 0 Å². The normalized spacial score (nSPS) is 18.5. The van der Waals surface area contributed by atoms with Crippen LogP contribution in [-0.4, -0.2) is 42.2 Å². The van der Waals surface area contributed by atoms with E-state index in [0.717, 1.165) is 36.4 Å². The van der Waals surface area contributed by atoms with E-state index in [1.54, 1.807) is 12.1 Å². The van der Waals surface area contributed by atoms with Crippen molar-refractivity contribution in [3.05, 3.63) is 51.7 Å². The lowest BCUT2D eigenvalue weighted by Gasteiger charge is -2.25. The summed E-state index contributed by atoms with van der Waals surface area (Å²) in [7, 11) is 0. The Morgan fingerprint density at radius 1 is 1.32 bits per heavy atom. The number of carbonyl (C=O) groups is 1. The number of rotatable bonds is 5. The van der Waals surface area contributed by atoms with Gasteiger partial charge in [-0.2, -0.15) is 0 Å². The Labute approximate surface area is 168 Å². The average molecular weight is 405 g/mol. The second kappa shape index (κ2) is 8.69. The smallest absolute Gasteiger partial charge is 0.239 e. The van der Waals surface area contributed by atoms with Crippen LogP contribution in [0.25, 0.3) is 0 Å². The predicted molar refractivity (Wildman–Crippen MR) is 107 cm³/mol. The fourth-order valence-electron chi connectivity index (χ4n) is 3.97. The number of thiophene rings is 1. The molecule has 0 bridgehead atoms. The Morgan fingerprint density at radius 2 is 2.14 bits per heavy atom. The number of aliphatic hydroxyl groups excluding tert-OH is 1. The highest BCUT2D eigenvalue weighted by Crippen LogP contribution is 2.42. The Hall–Kier alpha value is -1.80. The number of fused-ring (bicyclic) bond motifs is 1. The fourth-order valence-corrected chi connectivity index (χ4v) is 5.20. The number of likely N-dealkylation sites (tertiary alicyclic amines) is 1. The molecule has 2 aliphatic heterocycles. The molecule has 4 rings (SSSR count). The van der Waals surface area contributed by atoms with Crippen molar-refractivity contribution in [2.45, 2.75) is 38.4 Å². The number of hydrogen-bond acceptors (Lipinski definition) is 5. The standard InChI is InChI=1S/C21H25FN2O3S/c22-15-6-4-5-14(11-15)20(26)19-16-7-10-27-13-17(16)28-21(19)23-18(25)12-24-8-2-1-3-9-24/h4-6,11,20,26H,1-3,7-10,12-13H2,(H,23,25). The Kier molecular flexibility index (Phi) is 6.06. The first-order valence-electron chi connectivity index (χ1n) is 9.79. The van der Waals surface area contributed by atoms with Crippen LogP contribution in [0.1, 0.15) is 46.9 Å². The second-order valence-electron chi connectivity index (χ2n) is 7.39. The number of nitrogens with zero attached hydrogens (tertiary/aromatic N) is 1. The summed E-state index contributed by atoms with van der Waals surface area (Å²) < 4.78 is 19.2. The number of aliphatic hydroxyl groups is 1. The van der Waals surface area contributed by atoms with Crippen LogP contribution >= 0.6 is 11.3 Å². The number of benzene rings is 1. The van der Waals surface area contributed by atoms with Gasteiger partial charge in [-0.3, -0.25) is 9.69 Å². The van der Waals surface area contributed by atoms with Crippen molar-refractivity contribution in [1.82, 2.24) is 4.90 Å². The van der Waals surface area contributed by atoms with Gasteiger partial charge in [-0.15, -0.1) is 11.3 Å². The van der Waals surface area contributed by atoms with Gasteiger partial charge in [0.1, 0.15) is 16.9 Å². The zero-order chi connectivity index (χ0) is 19.5. The second-order valence-corrected chi connectivity index (χ2v) is 8.50. The number of halogens is 1. The molecule has 2 aromatic rings. The van der Waals surface area contributed by atoms with E-state index in [9.17, 15) is 14.3 Å². The summed E-state index contributed by atoms with van der Waals surface area (Å²) >= 11 is 1.45. The van der Waals surface area contributed by atoms with Gasteiger partial charge in [0.05, 0.1) is 19.8 Å². The van der Waals surface area contributed by atoms with Gasteiger partial charge in [0.15, 0.2) is 0 Å². The lowest BCUT2D eigenvalue weighted by molar-refractivity contribution is -0.117. The molecule has 0 radical (unpaired) electrons. The topological polar surface area (TPSA) is 61.8 Å². The third-order valence-electron chi connectivity index (χ3n) is 5.37. The first-order chi connectivity index (χ1) is 13.6. The quantitative estimate of drug-likeness (QED) is 0.801. The SMILES string of the molecule is O=C(CN1CCCCC1)Nc1sc2c(c1C(O)c1cccc(F)c1)CCOC2. The van der Waals surface area contributed by atoms with Crippen molar-refractivity contribution in [3.8, 4) is 0 Å². The van der Waals surface area contributed by atoms with Crippen molar-refractivity contribution < 1.29 is 19.0 Å². The molecule has 0 saturated carbocycles. The van der Waals surface area contributed by atoms with E-state index in [-0.39, 0.29) is 11.7 Å². The van der Waals surface area contributed by atoms with Crippen LogP contribution < -0.4 is 5.32 Å². The molecular weight excluding hydrogens is 379 g/mol. The summed E-state index contributed by atoms with van der Waals surface area (Å²) in [6.45, 7) is 3.30. The first-order valence-corrected chi connectivity index (χ1v) is 10.6. The maximum absolute atomic E-state index is 13.7. The van der Waals surface area contributed by atoms with Gasteiger partial charge >= 0.3 is 0 Å². The van der Waals surface area contributed by atoms with Crippen molar-refractivity contribution in [1.29, 1.82) is 0 Å². The van der Waals surface area contributed by atoms with Crippen molar-refractivity contribution in [3.63, 3.8) is 0 Å². The van der Waals surface area contributed by atoms with Gasteiger partial charge in [-0.25, -0.2) is 4.39 Å². The van der Waals surface area contributed by atoms with E-state index in [1.165, 1.54) is 29.9 Å². The number of piperidine rings is 1. The molecule has 3 heterocycles. The largest absolute Gasteiger partial charge is 0.384 e. The summed E-state index contributed by atoms with van der Waals surface area (Å²) in [4.78, 5) is 15.8. The molecule has 28 heavy (non-hydrogen) atoms. The highest BCUT2D eigenvalue weighted by Gasteiger charge is 2.28. The maximum atomic E-state index is 13.7. The molecule has 1 aromatic heterocycles. The van der Waals surface area contributed by atoms with Crippen molar-refractivity contribution in [2.75, 3.05) is 31.6 Å². The number of anilines is 1. The maximum Gasteiger partial charge on any atom is 0.239 e. The summed E-state index contributed by atoms with van der Waals surface area (Å²) in [5.41, 5.74) is 2.18. The number of amides is 1. The molecular formula is C21H25FN2O3S. The van der Waals surface area contributed by atoms with E-state index < -0.39 is 6.10 Å². The molecule has 1 fully saturated rings. The van der Waals surface area contributed by atoms with E-state index in [1.807, 2.05) is 0 Å². The predicted octanol–water partition coefficient (Wildman–Crippen LogP) is 3.47. The lowest BCUT2D eigenvalue weighted by atomic mass is 9.96. The van der Waals surface area contributed by atoms with Gasteiger partial charge in [0.2, 0.25) is 5.91 Å². The monoisotopic (exact) mass is 404 g/mol. The molecule has 7 heteroatoms. The number of carbonyl (C=O) groups excluding carboxylic acids is 1. The molecule has 1 saturated heterocycles. The summed E-state index contributed by atoms with van der Waals surface area (Å²) in [5.74, 6) is -0.464. The van der Waals surface area contributed by atoms with Gasteiger partial charge < -0.3 is 15.2 Å². The van der Waals surface area contributed by atoms with E-state index in [4.69, 9.17) is 4.74 Å². The Balaban J connectivity index is 1.59. The molecule has 2 N–H and O–H groups in total. The molecule has 1 amide bonds. The van der Waals surface area contributed by atoms with E-state index >= 15 is 0 Å². The van der Waals surface area contributed by atoms with Gasteiger partial charge in [-0.05, 0) is 55.6 Å². The molecule has 2 aliphatic rings. The van der Waals surface area contributed by atoms with Gasteiger partial charge in [0, 0.05) is 10.4 Å². The zero-order valence-electron chi connectivity index (χ0n) is 15.7. The lowest BCUT2D eigenvalue weighted by Crippen LogP contribution is -2.36. The minimum Gasteiger partial charge on any atom is -0.384 e. The van der Waals surface area contributed by atoms with Crippen molar-refractivity contribution >= 4 is 22.2 Å². The van der Waals surface area contributed by atoms with Crippen LogP contribution in [0.15, 0.2) is 24.3 Å². The number of hydrogen-bond donors (Lipinski definition) is 2. The summed E-state index contributed by atoms with van der Waals surface area (Å²) in [6.07, 6.45) is 3.16. The minimum atomic E-state index is -0.987. The molecule has 1 atom stereocenters. The highest BCUT2D eigenvalue weighted by atomic mass is 32.1. The van der Waals surface area contributed by atoms with E-state index in [2.05, 4.69) is 10.2 Å². The molecule has 0 spiro atoms. The Morgan fingerprint density at radius 3 is 2.93 bits per heavy atom. The highest BCUT2D eigenvalue weighted by molar-refractivity contribution is 7.16. The Bertz CT molecular complexity index is 848. The zero-order valence-corrected chi connectivity index (χ0v) is 16.6. The minimum absolute atomic E-state index is 0.0749. The summed E-state index contributed by atoms with van der Waals surface area (Å²) in [6, 6.07) is 5.99. The van der Waals surface area contributed by atoms with Crippen LogP contribution in [0.5, 0.6) is 0 Å². The molecule has 1 unspecified atom stereocenters. The van der Waals surface area contributed by atoms with Gasteiger partial charge in [-0.1, -0.05) is 18.6 Å². The first kappa shape index (κ1) is 19.5. The van der Waals surface area contributed by atoms with Crippen LogP contribution in [-0.2, 0) is 22.6 Å². The third kappa shape index (κ3) is 4.27. The fraction of sp³-hybridized carbons (Fsp3) is 0.476. The molecule has 5 nitrogen and oxygen atoms in total. The third-order valence-corrected chi connectivity index (χ3v) is 6.50. The van der Waals surface area contributed by atoms with E-state index in [0.29, 0.717) is 42.3 Å². The average Bonchev–Trinajstić information content (AvgIpc) is 3.05. The number of nitrogens with one attached hydrogen (secondary N) is 1. The van der Waals surface area contributed by atoms with Crippen molar-refractivity contribution in [2.24, 2.45) is 0 Å². The molecule has 1 aromatic carbocycles.